The molecular formula is C27H30N4O4. The molecule has 0 bridgehead atoms. The van der Waals surface area contributed by atoms with E-state index in [0.29, 0.717) is 34.8 Å². The molecule has 0 unspecified atom stereocenters. The number of nitrogens with zero attached hydrogens (tertiary/aromatic N) is 4. The Morgan fingerprint density at radius 3 is 2.57 bits per heavy atom. The van der Waals surface area contributed by atoms with Crippen molar-refractivity contribution >= 4 is 11.6 Å². The van der Waals surface area contributed by atoms with Crippen molar-refractivity contribution in [3.8, 4) is 22.7 Å². The monoisotopic (exact) mass is 474 g/mol. The molecule has 0 N–H and O–H groups in total. The largest absolute Gasteiger partial charge is 0.475 e. The van der Waals surface area contributed by atoms with Crippen LogP contribution in [0, 0.1) is 20.8 Å². The van der Waals surface area contributed by atoms with Gasteiger partial charge in [-0.1, -0.05) is 31.5 Å². The van der Waals surface area contributed by atoms with Gasteiger partial charge in [0.05, 0.1) is 23.6 Å². The molecule has 1 atom stereocenters. The van der Waals surface area contributed by atoms with Gasteiger partial charge in [0.25, 0.3) is 5.56 Å². The van der Waals surface area contributed by atoms with E-state index in [1.54, 1.807) is 32.2 Å². The number of rotatable bonds is 8. The van der Waals surface area contributed by atoms with E-state index in [9.17, 15) is 9.59 Å². The molecule has 0 amide bonds. The Kier molecular flexibility index (Phi) is 7.00. The molecule has 3 heterocycles. The van der Waals surface area contributed by atoms with Gasteiger partial charge in [0.15, 0.2) is 17.5 Å². The molecule has 0 aliphatic carbocycles. The molecule has 8 nitrogen and oxygen atoms in total. The van der Waals surface area contributed by atoms with Gasteiger partial charge >= 0.3 is 5.97 Å². The predicted octanol–water partition coefficient (Wildman–Crippen LogP) is 4.58. The Balaban J connectivity index is 1.79. The number of pyridine rings is 1. The molecular weight excluding hydrogens is 444 g/mol. The third kappa shape index (κ3) is 4.69. The van der Waals surface area contributed by atoms with Crippen molar-refractivity contribution in [3.63, 3.8) is 0 Å². The Labute approximate surface area is 204 Å². The summed E-state index contributed by atoms with van der Waals surface area (Å²) in [4.78, 5) is 30.7. The van der Waals surface area contributed by atoms with Crippen LogP contribution in [0.4, 0.5) is 0 Å². The summed E-state index contributed by atoms with van der Waals surface area (Å²) in [5, 5.41) is 4.75. The fourth-order valence-electron chi connectivity index (χ4n) is 4.15. The lowest BCUT2D eigenvalue weighted by atomic mass is 10.1. The van der Waals surface area contributed by atoms with E-state index in [1.807, 2.05) is 55.8 Å². The molecule has 3 aromatic heterocycles. The summed E-state index contributed by atoms with van der Waals surface area (Å²) >= 11 is 0. The quantitative estimate of drug-likeness (QED) is 0.347. The van der Waals surface area contributed by atoms with E-state index in [0.717, 1.165) is 23.4 Å². The van der Waals surface area contributed by atoms with E-state index in [-0.39, 0.29) is 12.2 Å². The van der Waals surface area contributed by atoms with Crippen molar-refractivity contribution in [1.82, 2.24) is 19.2 Å². The van der Waals surface area contributed by atoms with Crippen molar-refractivity contribution in [1.29, 1.82) is 0 Å². The number of esters is 1. The number of para-hydroxylation sites is 1. The first-order chi connectivity index (χ1) is 16.8. The van der Waals surface area contributed by atoms with Crippen LogP contribution in [0.15, 0.2) is 53.5 Å². The van der Waals surface area contributed by atoms with E-state index in [1.165, 1.54) is 4.40 Å². The molecule has 0 saturated carbocycles. The molecule has 4 aromatic rings. The zero-order valence-corrected chi connectivity index (χ0v) is 20.7. The highest BCUT2D eigenvalue weighted by Gasteiger charge is 2.24. The second kappa shape index (κ2) is 10.1. The zero-order valence-electron chi connectivity index (χ0n) is 20.7. The fraction of sp³-hybridized carbons (Fsp3) is 0.333. The number of carbonyl (C=O) groups excluding carboxylic acids is 1. The SMILES string of the molecule is CCC[C@@H](Oc1cccn2c(=O)c(-c3cc(C)n(-c4ccccc4C)n3)c(C)nc12)C(=O)OCC. The van der Waals surface area contributed by atoms with Gasteiger partial charge in [-0.2, -0.15) is 5.10 Å². The number of ether oxygens (including phenoxy) is 2. The molecule has 0 aliphatic rings. The molecule has 0 spiro atoms. The number of benzene rings is 1. The molecule has 8 heteroatoms. The van der Waals surface area contributed by atoms with Crippen molar-refractivity contribution in [2.75, 3.05) is 6.61 Å². The maximum atomic E-state index is 13.6. The summed E-state index contributed by atoms with van der Waals surface area (Å²) < 4.78 is 14.5. The van der Waals surface area contributed by atoms with Crippen LogP contribution < -0.4 is 10.3 Å². The van der Waals surface area contributed by atoms with E-state index in [2.05, 4.69) is 0 Å². The molecule has 182 valence electrons. The summed E-state index contributed by atoms with van der Waals surface area (Å²) in [6, 6.07) is 13.3. The molecule has 0 fully saturated rings. The lowest BCUT2D eigenvalue weighted by molar-refractivity contribution is -0.151. The number of hydrogen-bond donors (Lipinski definition) is 0. The van der Waals surface area contributed by atoms with E-state index < -0.39 is 12.1 Å². The van der Waals surface area contributed by atoms with Gasteiger partial charge < -0.3 is 9.47 Å². The van der Waals surface area contributed by atoms with Crippen LogP contribution in [-0.4, -0.2) is 37.8 Å². The molecule has 1 aromatic carbocycles. The highest BCUT2D eigenvalue weighted by Crippen LogP contribution is 2.25. The van der Waals surface area contributed by atoms with Crippen LogP contribution in [0.25, 0.3) is 22.6 Å². The maximum absolute atomic E-state index is 13.6. The summed E-state index contributed by atoms with van der Waals surface area (Å²) in [7, 11) is 0. The lowest BCUT2D eigenvalue weighted by Gasteiger charge is -2.18. The van der Waals surface area contributed by atoms with Crippen molar-refractivity contribution < 1.29 is 14.3 Å². The van der Waals surface area contributed by atoms with Crippen molar-refractivity contribution in [2.24, 2.45) is 0 Å². The lowest BCUT2D eigenvalue weighted by Crippen LogP contribution is -2.30. The first kappa shape index (κ1) is 24.2. The minimum atomic E-state index is -0.768. The van der Waals surface area contributed by atoms with Crippen LogP contribution >= 0.6 is 0 Å². The Hall–Kier alpha value is -3.94. The summed E-state index contributed by atoms with van der Waals surface area (Å²) in [6.45, 7) is 9.76. The molecule has 0 saturated heterocycles. The normalized spacial score (nSPS) is 12.0. The van der Waals surface area contributed by atoms with Crippen LogP contribution in [0.1, 0.15) is 43.6 Å². The number of aryl methyl sites for hydroxylation is 3. The van der Waals surface area contributed by atoms with Gasteiger partial charge in [-0.05, 0) is 63.9 Å². The topological polar surface area (TPSA) is 87.7 Å². The third-order valence-electron chi connectivity index (χ3n) is 5.86. The second-order valence-corrected chi connectivity index (χ2v) is 8.46. The van der Waals surface area contributed by atoms with Gasteiger partial charge in [-0.15, -0.1) is 0 Å². The number of aromatic nitrogens is 4. The summed E-state index contributed by atoms with van der Waals surface area (Å²) in [6.07, 6.45) is 2.12. The van der Waals surface area contributed by atoms with Gasteiger partial charge in [0.1, 0.15) is 5.69 Å². The van der Waals surface area contributed by atoms with Crippen molar-refractivity contribution in [3.05, 3.63) is 76.0 Å². The smallest absolute Gasteiger partial charge is 0.347 e. The average molecular weight is 475 g/mol. The minimum Gasteiger partial charge on any atom is -0.475 e. The van der Waals surface area contributed by atoms with Crippen LogP contribution in [0.2, 0.25) is 0 Å². The van der Waals surface area contributed by atoms with Crippen LogP contribution in [-0.2, 0) is 9.53 Å². The maximum Gasteiger partial charge on any atom is 0.347 e. The Bertz CT molecular complexity index is 1440. The Morgan fingerprint density at radius 1 is 1.09 bits per heavy atom. The number of carbonyl (C=O) groups is 1. The first-order valence-electron chi connectivity index (χ1n) is 11.8. The van der Waals surface area contributed by atoms with Crippen LogP contribution in [0.3, 0.4) is 0 Å². The van der Waals surface area contributed by atoms with Gasteiger partial charge in [0, 0.05) is 11.9 Å². The summed E-state index contributed by atoms with van der Waals surface area (Å²) in [5.41, 5.74) is 4.55. The van der Waals surface area contributed by atoms with Gasteiger partial charge in [-0.3, -0.25) is 9.20 Å². The van der Waals surface area contributed by atoms with Crippen molar-refractivity contribution in [2.45, 2.75) is 53.6 Å². The second-order valence-electron chi connectivity index (χ2n) is 8.46. The molecule has 4 rings (SSSR count). The Morgan fingerprint density at radius 2 is 1.86 bits per heavy atom. The van der Waals surface area contributed by atoms with Crippen LogP contribution in [0.5, 0.6) is 5.75 Å². The van der Waals surface area contributed by atoms with E-state index in [4.69, 9.17) is 19.6 Å². The van der Waals surface area contributed by atoms with Gasteiger partial charge in [0.2, 0.25) is 0 Å². The number of fused-ring (bicyclic) bond motifs is 1. The predicted molar refractivity (Wildman–Crippen MR) is 134 cm³/mol. The standard InChI is InChI=1S/C27H30N4O4/c1-6-11-23(27(33)34-7-2)35-22-14-10-15-30-25(22)28-19(5)24(26(30)32)20-16-18(4)31(29-20)21-13-9-8-12-17(21)3/h8-10,12-16,23H,6-7,11H2,1-5H3/t23-/m1/s1. The highest BCUT2D eigenvalue weighted by atomic mass is 16.6. The molecule has 0 aliphatic heterocycles. The highest BCUT2D eigenvalue weighted by molar-refractivity contribution is 5.75. The molecule has 35 heavy (non-hydrogen) atoms. The van der Waals surface area contributed by atoms with Gasteiger partial charge in [-0.25, -0.2) is 14.5 Å². The number of hydrogen-bond acceptors (Lipinski definition) is 6. The minimum absolute atomic E-state index is 0.254. The fourth-order valence-corrected chi connectivity index (χ4v) is 4.15. The first-order valence-corrected chi connectivity index (χ1v) is 11.8. The third-order valence-corrected chi connectivity index (χ3v) is 5.86. The summed E-state index contributed by atoms with van der Waals surface area (Å²) in [5.74, 6) is -0.0726. The molecule has 0 radical (unpaired) electrons. The average Bonchev–Trinajstić information content (AvgIpc) is 3.20. The zero-order chi connectivity index (χ0) is 25.1. The van der Waals surface area contributed by atoms with E-state index >= 15 is 0 Å².